The lowest BCUT2D eigenvalue weighted by Crippen LogP contribution is -1.96. The maximum absolute atomic E-state index is 11.0. The standard InChI is InChI=1S/C19H16N2O3/c1-11-20-18(21-24-11)15-8-9-16(17(10-15)13-2-3-13)12-4-6-14(7-5-12)19(22)23/h4-10,13H,2-3H2,1H3,(H,22,23). The Morgan fingerprint density at radius 2 is 1.83 bits per heavy atom. The summed E-state index contributed by atoms with van der Waals surface area (Å²) < 4.78 is 5.07. The molecule has 1 aliphatic carbocycles. The number of aromatic nitrogens is 2. The summed E-state index contributed by atoms with van der Waals surface area (Å²) in [6.45, 7) is 1.77. The number of carboxylic acid groups (broad SMARTS) is 1. The van der Waals surface area contributed by atoms with Gasteiger partial charge in [0, 0.05) is 12.5 Å². The third kappa shape index (κ3) is 2.69. The molecule has 1 aromatic heterocycles. The molecule has 0 atom stereocenters. The first-order valence-electron chi connectivity index (χ1n) is 7.90. The molecule has 1 saturated carbocycles. The molecule has 0 amide bonds. The normalized spacial score (nSPS) is 13.9. The van der Waals surface area contributed by atoms with Gasteiger partial charge >= 0.3 is 5.97 Å². The first kappa shape index (κ1) is 14.6. The molecule has 4 rings (SSSR count). The highest BCUT2D eigenvalue weighted by Crippen LogP contribution is 2.45. The Hall–Kier alpha value is -2.95. The van der Waals surface area contributed by atoms with Crippen molar-refractivity contribution in [2.45, 2.75) is 25.7 Å². The van der Waals surface area contributed by atoms with Crippen molar-refractivity contribution in [2.75, 3.05) is 0 Å². The highest BCUT2D eigenvalue weighted by atomic mass is 16.5. The highest BCUT2D eigenvalue weighted by molar-refractivity contribution is 5.88. The van der Waals surface area contributed by atoms with Crippen molar-refractivity contribution in [1.29, 1.82) is 0 Å². The van der Waals surface area contributed by atoms with Crippen LogP contribution in [0.3, 0.4) is 0 Å². The molecule has 1 N–H and O–H groups in total. The summed E-state index contributed by atoms with van der Waals surface area (Å²) in [7, 11) is 0. The molecule has 120 valence electrons. The van der Waals surface area contributed by atoms with Gasteiger partial charge < -0.3 is 9.63 Å². The second-order valence-electron chi connectivity index (χ2n) is 6.10. The third-order valence-corrected chi connectivity index (χ3v) is 4.30. The average molecular weight is 320 g/mol. The van der Waals surface area contributed by atoms with Crippen LogP contribution < -0.4 is 0 Å². The van der Waals surface area contributed by atoms with Gasteiger partial charge in [0.1, 0.15) is 0 Å². The largest absolute Gasteiger partial charge is 0.478 e. The summed E-state index contributed by atoms with van der Waals surface area (Å²) in [6.07, 6.45) is 2.35. The first-order valence-corrected chi connectivity index (χ1v) is 7.90. The average Bonchev–Trinajstić information content (AvgIpc) is 3.35. The van der Waals surface area contributed by atoms with Crippen molar-refractivity contribution in [2.24, 2.45) is 0 Å². The predicted molar refractivity (Wildman–Crippen MR) is 88.8 cm³/mol. The molecule has 2 aromatic carbocycles. The molecule has 1 fully saturated rings. The zero-order valence-electron chi connectivity index (χ0n) is 13.2. The Bertz CT molecular complexity index is 909. The van der Waals surface area contributed by atoms with E-state index < -0.39 is 5.97 Å². The molecule has 3 aromatic rings. The molecule has 0 radical (unpaired) electrons. The molecule has 1 aliphatic rings. The van der Waals surface area contributed by atoms with Crippen molar-refractivity contribution in [3.63, 3.8) is 0 Å². The van der Waals surface area contributed by atoms with Crippen molar-refractivity contribution in [3.8, 4) is 22.5 Å². The Morgan fingerprint density at radius 1 is 1.12 bits per heavy atom. The van der Waals surface area contributed by atoms with Crippen molar-refractivity contribution >= 4 is 5.97 Å². The number of carbonyl (C=O) groups is 1. The van der Waals surface area contributed by atoms with Gasteiger partial charge in [-0.2, -0.15) is 4.98 Å². The number of rotatable bonds is 4. The van der Waals surface area contributed by atoms with Crippen LogP contribution in [0.4, 0.5) is 0 Å². The highest BCUT2D eigenvalue weighted by Gasteiger charge is 2.27. The summed E-state index contributed by atoms with van der Waals surface area (Å²) >= 11 is 0. The second kappa shape index (κ2) is 5.60. The van der Waals surface area contributed by atoms with Crippen molar-refractivity contribution < 1.29 is 14.4 Å². The summed E-state index contributed by atoms with van der Waals surface area (Å²) in [4.78, 5) is 15.3. The molecule has 0 saturated heterocycles. The van der Waals surface area contributed by atoms with Crippen LogP contribution in [0.2, 0.25) is 0 Å². The predicted octanol–water partition coefficient (Wildman–Crippen LogP) is 4.29. The SMILES string of the molecule is Cc1nc(-c2ccc(-c3ccc(C(=O)O)cc3)c(C3CC3)c2)no1. The minimum atomic E-state index is -0.910. The van der Waals surface area contributed by atoms with Crippen LogP contribution in [-0.2, 0) is 0 Å². The van der Waals surface area contributed by atoms with Crippen LogP contribution in [-0.4, -0.2) is 21.2 Å². The van der Waals surface area contributed by atoms with Gasteiger partial charge in [0.2, 0.25) is 11.7 Å². The van der Waals surface area contributed by atoms with Gasteiger partial charge in [-0.05, 0) is 53.6 Å². The van der Waals surface area contributed by atoms with Crippen LogP contribution >= 0.6 is 0 Å². The van der Waals surface area contributed by atoms with E-state index >= 15 is 0 Å². The number of nitrogens with zero attached hydrogens (tertiary/aromatic N) is 2. The van der Waals surface area contributed by atoms with Gasteiger partial charge in [-0.1, -0.05) is 29.4 Å². The van der Waals surface area contributed by atoms with E-state index in [1.165, 1.54) is 18.4 Å². The van der Waals surface area contributed by atoms with E-state index in [2.05, 4.69) is 22.3 Å². The Labute approximate surface area is 139 Å². The lowest BCUT2D eigenvalue weighted by atomic mass is 9.94. The quantitative estimate of drug-likeness (QED) is 0.776. The maximum Gasteiger partial charge on any atom is 0.335 e. The van der Waals surface area contributed by atoms with Crippen LogP contribution in [0.5, 0.6) is 0 Å². The fourth-order valence-electron chi connectivity index (χ4n) is 2.91. The lowest BCUT2D eigenvalue weighted by molar-refractivity contribution is 0.0697. The summed E-state index contributed by atoms with van der Waals surface area (Å²) in [5.41, 5.74) is 4.67. The Balaban J connectivity index is 1.76. The van der Waals surface area contributed by atoms with E-state index in [0.29, 0.717) is 23.2 Å². The molecule has 24 heavy (non-hydrogen) atoms. The third-order valence-electron chi connectivity index (χ3n) is 4.30. The zero-order chi connectivity index (χ0) is 16.7. The fraction of sp³-hybridized carbons (Fsp3) is 0.211. The molecule has 5 nitrogen and oxygen atoms in total. The first-order chi connectivity index (χ1) is 11.6. The van der Waals surface area contributed by atoms with E-state index in [0.717, 1.165) is 16.7 Å². The van der Waals surface area contributed by atoms with Crippen LogP contribution in [0.1, 0.15) is 40.6 Å². The van der Waals surface area contributed by atoms with Crippen molar-refractivity contribution in [1.82, 2.24) is 10.1 Å². The van der Waals surface area contributed by atoms with Gasteiger partial charge in [-0.3, -0.25) is 0 Å². The van der Waals surface area contributed by atoms with Crippen LogP contribution in [0.15, 0.2) is 47.0 Å². The van der Waals surface area contributed by atoms with E-state index in [9.17, 15) is 4.79 Å². The Morgan fingerprint density at radius 3 is 2.42 bits per heavy atom. The van der Waals surface area contributed by atoms with E-state index in [4.69, 9.17) is 9.63 Å². The van der Waals surface area contributed by atoms with Crippen LogP contribution in [0, 0.1) is 6.92 Å². The Kier molecular flexibility index (Phi) is 3.41. The molecule has 1 heterocycles. The number of benzene rings is 2. The van der Waals surface area contributed by atoms with Crippen molar-refractivity contribution in [3.05, 3.63) is 59.5 Å². The summed E-state index contributed by atoms with van der Waals surface area (Å²) in [6, 6.07) is 13.2. The van der Waals surface area contributed by atoms with Gasteiger partial charge in [0.25, 0.3) is 0 Å². The molecule has 0 spiro atoms. The monoisotopic (exact) mass is 320 g/mol. The number of aryl methyl sites for hydroxylation is 1. The number of hydrogen-bond donors (Lipinski definition) is 1. The maximum atomic E-state index is 11.0. The zero-order valence-corrected chi connectivity index (χ0v) is 13.2. The summed E-state index contributed by atoms with van der Waals surface area (Å²) in [5, 5.41) is 13.0. The topological polar surface area (TPSA) is 76.2 Å². The molecular weight excluding hydrogens is 304 g/mol. The second-order valence-corrected chi connectivity index (χ2v) is 6.10. The smallest absolute Gasteiger partial charge is 0.335 e. The lowest BCUT2D eigenvalue weighted by Gasteiger charge is -2.11. The molecule has 0 bridgehead atoms. The van der Waals surface area contributed by atoms with Crippen LogP contribution in [0.25, 0.3) is 22.5 Å². The molecule has 0 aliphatic heterocycles. The van der Waals surface area contributed by atoms with Gasteiger partial charge in [-0.15, -0.1) is 0 Å². The minimum Gasteiger partial charge on any atom is -0.478 e. The number of hydrogen-bond acceptors (Lipinski definition) is 4. The van der Waals surface area contributed by atoms with E-state index in [1.807, 2.05) is 18.2 Å². The molecular formula is C19H16N2O3. The minimum absolute atomic E-state index is 0.297. The van der Waals surface area contributed by atoms with Gasteiger partial charge in [0.15, 0.2) is 0 Å². The number of carboxylic acids is 1. The molecule has 5 heteroatoms. The molecule has 0 unspecified atom stereocenters. The summed E-state index contributed by atoms with van der Waals surface area (Å²) in [5.74, 6) is 0.785. The van der Waals surface area contributed by atoms with E-state index in [-0.39, 0.29) is 0 Å². The van der Waals surface area contributed by atoms with Gasteiger partial charge in [0.05, 0.1) is 5.56 Å². The number of aromatic carboxylic acids is 1. The fourth-order valence-corrected chi connectivity index (χ4v) is 2.91. The van der Waals surface area contributed by atoms with E-state index in [1.54, 1.807) is 19.1 Å². The van der Waals surface area contributed by atoms with Gasteiger partial charge in [-0.25, -0.2) is 4.79 Å².